The van der Waals surface area contributed by atoms with Crippen LogP contribution in [0.25, 0.3) is 0 Å². The van der Waals surface area contributed by atoms with Crippen LogP contribution in [-0.2, 0) is 4.79 Å². The number of ether oxygens (including phenoxy) is 2. The van der Waals surface area contributed by atoms with E-state index in [0.29, 0.717) is 5.56 Å². The predicted molar refractivity (Wildman–Crippen MR) is 117 cm³/mol. The number of nitrogens with one attached hydrogen (secondary N) is 2. The Morgan fingerprint density at radius 2 is 1.62 bits per heavy atom. The third-order valence-corrected chi connectivity index (χ3v) is 4.43. The zero-order valence-electron chi connectivity index (χ0n) is 17.3. The molecule has 0 aliphatic heterocycles. The summed E-state index contributed by atoms with van der Waals surface area (Å²) in [6.07, 6.45) is 0. The fourth-order valence-electron chi connectivity index (χ4n) is 2.85. The van der Waals surface area contributed by atoms with E-state index >= 15 is 0 Å². The van der Waals surface area contributed by atoms with Crippen LogP contribution in [0.3, 0.4) is 0 Å². The lowest BCUT2D eigenvalue weighted by atomic mass is 10.1. The highest BCUT2D eigenvalue weighted by Crippen LogP contribution is 2.21. The summed E-state index contributed by atoms with van der Waals surface area (Å²) in [6.45, 7) is -0.582. The second-order valence-corrected chi connectivity index (χ2v) is 6.65. The van der Waals surface area contributed by atoms with Crippen molar-refractivity contribution in [1.82, 2.24) is 5.32 Å². The Bertz CT molecular complexity index is 1120. The first-order valence-electron chi connectivity index (χ1n) is 9.69. The van der Waals surface area contributed by atoms with Crippen molar-refractivity contribution in [3.8, 4) is 11.5 Å². The topological polar surface area (TPSA) is 93.7 Å². The molecule has 0 fully saturated rings. The molecule has 0 aromatic heterocycles. The van der Waals surface area contributed by atoms with Gasteiger partial charge in [-0.3, -0.25) is 14.4 Å². The molecule has 2 amide bonds. The van der Waals surface area contributed by atoms with Gasteiger partial charge in [0.25, 0.3) is 11.8 Å². The molecule has 0 spiro atoms. The number of carbonyl (C=O) groups excluding carboxylic acids is 3. The van der Waals surface area contributed by atoms with E-state index < -0.39 is 24.2 Å². The summed E-state index contributed by atoms with van der Waals surface area (Å²) >= 11 is 0. The molecule has 0 unspecified atom stereocenters. The Morgan fingerprint density at radius 3 is 2.34 bits per heavy atom. The molecule has 0 saturated carbocycles. The summed E-state index contributed by atoms with van der Waals surface area (Å²) in [6, 6.07) is 19.0. The number of anilines is 1. The number of Topliss-reactive ketones (excluding diaryl/α,β-unsaturated/α-hetero) is 1. The van der Waals surface area contributed by atoms with Gasteiger partial charge < -0.3 is 20.1 Å². The van der Waals surface area contributed by atoms with Crippen LogP contribution in [0.15, 0.2) is 72.8 Å². The highest BCUT2D eigenvalue weighted by atomic mass is 19.1. The smallest absolute Gasteiger partial charge is 0.262 e. The van der Waals surface area contributed by atoms with E-state index in [1.165, 1.54) is 31.4 Å². The summed E-state index contributed by atoms with van der Waals surface area (Å²) in [5, 5.41) is 5.07. The molecule has 0 radical (unpaired) electrons. The predicted octanol–water partition coefficient (Wildman–Crippen LogP) is 3.46. The van der Waals surface area contributed by atoms with Crippen molar-refractivity contribution in [2.45, 2.75) is 0 Å². The average molecular weight is 436 g/mol. The van der Waals surface area contributed by atoms with Gasteiger partial charge in [-0.2, -0.15) is 0 Å². The number of methoxy groups -OCH3 is 1. The van der Waals surface area contributed by atoms with Gasteiger partial charge in [0.15, 0.2) is 24.0 Å². The van der Waals surface area contributed by atoms with Crippen molar-refractivity contribution in [3.63, 3.8) is 0 Å². The van der Waals surface area contributed by atoms with Crippen LogP contribution in [0, 0.1) is 5.82 Å². The number of para-hydroxylation sites is 1. The fraction of sp³-hybridized carbons (Fsp3) is 0.125. The van der Waals surface area contributed by atoms with Crippen LogP contribution in [0.2, 0.25) is 0 Å². The van der Waals surface area contributed by atoms with Crippen molar-refractivity contribution >= 4 is 23.3 Å². The number of halogens is 1. The van der Waals surface area contributed by atoms with E-state index in [9.17, 15) is 18.8 Å². The molecule has 2 N–H and O–H groups in total. The van der Waals surface area contributed by atoms with Crippen LogP contribution in [-0.4, -0.2) is 37.9 Å². The molecule has 3 rings (SSSR count). The number of hydrogen-bond acceptors (Lipinski definition) is 5. The third kappa shape index (κ3) is 5.91. The first-order chi connectivity index (χ1) is 15.5. The van der Waals surface area contributed by atoms with E-state index in [0.717, 1.165) is 6.07 Å². The molecule has 3 aromatic rings. The highest BCUT2D eigenvalue weighted by molar-refractivity contribution is 6.03. The molecule has 0 heterocycles. The van der Waals surface area contributed by atoms with Crippen LogP contribution in [0.4, 0.5) is 10.1 Å². The average Bonchev–Trinajstić information content (AvgIpc) is 2.82. The molecular formula is C24H21FN2O5. The lowest BCUT2D eigenvalue weighted by Gasteiger charge is -2.12. The van der Waals surface area contributed by atoms with Gasteiger partial charge >= 0.3 is 0 Å². The van der Waals surface area contributed by atoms with E-state index in [2.05, 4.69) is 10.6 Å². The lowest BCUT2D eigenvalue weighted by Crippen LogP contribution is -2.30. The molecule has 164 valence electrons. The van der Waals surface area contributed by atoms with Crippen molar-refractivity contribution < 1.29 is 28.2 Å². The van der Waals surface area contributed by atoms with Gasteiger partial charge in [0.05, 0.1) is 19.2 Å². The summed E-state index contributed by atoms with van der Waals surface area (Å²) in [5.74, 6) is -1.66. The van der Waals surface area contributed by atoms with Crippen LogP contribution in [0.1, 0.15) is 20.7 Å². The van der Waals surface area contributed by atoms with Gasteiger partial charge in [0, 0.05) is 17.3 Å². The van der Waals surface area contributed by atoms with E-state index in [-0.39, 0.29) is 35.1 Å². The number of rotatable bonds is 9. The minimum Gasteiger partial charge on any atom is -0.494 e. The fourth-order valence-corrected chi connectivity index (χ4v) is 2.85. The van der Waals surface area contributed by atoms with Crippen molar-refractivity contribution in [3.05, 3.63) is 89.7 Å². The van der Waals surface area contributed by atoms with E-state index in [1.807, 2.05) is 0 Å². The van der Waals surface area contributed by atoms with Gasteiger partial charge in [0.1, 0.15) is 5.75 Å². The van der Waals surface area contributed by atoms with Gasteiger partial charge in [-0.1, -0.05) is 42.5 Å². The maximum atomic E-state index is 13.8. The SMILES string of the molecule is COc1ccc(NC(=O)COc2ccccc2C(=O)NCC(=O)c2ccccc2)cc1F. The van der Waals surface area contributed by atoms with Gasteiger partial charge in [-0.15, -0.1) is 0 Å². The second-order valence-electron chi connectivity index (χ2n) is 6.65. The molecule has 0 aliphatic carbocycles. The second kappa shape index (κ2) is 10.7. The standard InChI is InChI=1S/C24H21FN2O5/c1-31-22-12-11-17(13-19(22)25)27-23(29)15-32-21-10-6-5-9-18(21)24(30)26-14-20(28)16-7-3-2-4-8-16/h2-13H,14-15H2,1H3,(H,26,30)(H,27,29). The summed E-state index contributed by atoms with van der Waals surface area (Å²) in [7, 11) is 1.34. The lowest BCUT2D eigenvalue weighted by molar-refractivity contribution is -0.118. The van der Waals surface area contributed by atoms with E-state index in [1.54, 1.807) is 42.5 Å². The Morgan fingerprint density at radius 1 is 0.906 bits per heavy atom. The zero-order valence-corrected chi connectivity index (χ0v) is 17.3. The largest absolute Gasteiger partial charge is 0.494 e. The highest BCUT2D eigenvalue weighted by Gasteiger charge is 2.15. The summed E-state index contributed by atoms with van der Waals surface area (Å²) in [4.78, 5) is 36.9. The zero-order chi connectivity index (χ0) is 22.9. The first-order valence-corrected chi connectivity index (χ1v) is 9.69. The van der Waals surface area contributed by atoms with Gasteiger partial charge in [0.2, 0.25) is 0 Å². The number of carbonyl (C=O) groups is 3. The number of ketones is 1. The Kier molecular flexibility index (Phi) is 7.53. The molecule has 0 aliphatic rings. The molecule has 0 atom stereocenters. The molecule has 32 heavy (non-hydrogen) atoms. The Balaban J connectivity index is 1.57. The maximum Gasteiger partial charge on any atom is 0.262 e. The Labute approximate surface area is 184 Å². The first kappa shape index (κ1) is 22.5. The van der Waals surface area contributed by atoms with Crippen molar-refractivity contribution in [2.24, 2.45) is 0 Å². The van der Waals surface area contributed by atoms with Gasteiger partial charge in [-0.05, 0) is 24.3 Å². The Hall–Kier alpha value is -4.20. The van der Waals surface area contributed by atoms with Crippen LogP contribution in [0.5, 0.6) is 11.5 Å². The maximum absolute atomic E-state index is 13.8. The number of benzene rings is 3. The number of amides is 2. The molecular weight excluding hydrogens is 415 g/mol. The summed E-state index contributed by atoms with van der Waals surface area (Å²) < 4.78 is 24.1. The van der Waals surface area contributed by atoms with E-state index in [4.69, 9.17) is 9.47 Å². The molecule has 8 heteroatoms. The third-order valence-electron chi connectivity index (χ3n) is 4.43. The molecule has 7 nitrogen and oxygen atoms in total. The summed E-state index contributed by atoms with van der Waals surface area (Å²) in [5.41, 5.74) is 0.906. The molecule has 0 saturated heterocycles. The van der Waals surface area contributed by atoms with Crippen LogP contribution < -0.4 is 20.1 Å². The van der Waals surface area contributed by atoms with Gasteiger partial charge in [-0.25, -0.2) is 4.39 Å². The monoisotopic (exact) mass is 436 g/mol. The van der Waals surface area contributed by atoms with Crippen LogP contribution >= 0.6 is 0 Å². The molecule has 0 bridgehead atoms. The van der Waals surface area contributed by atoms with Crippen molar-refractivity contribution in [1.29, 1.82) is 0 Å². The normalized spacial score (nSPS) is 10.2. The molecule has 3 aromatic carbocycles. The van der Waals surface area contributed by atoms with Crippen molar-refractivity contribution in [2.75, 3.05) is 25.6 Å². The quantitative estimate of drug-likeness (QED) is 0.501. The minimum atomic E-state index is -0.613. The minimum absolute atomic E-state index is 0.0601. The number of hydrogen-bond donors (Lipinski definition) is 2.